The van der Waals surface area contributed by atoms with Crippen LogP contribution in [0.2, 0.25) is 0 Å². The molecule has 2 rings (SSSR count). The van der Waals surface area contributed by atoms with Gasteiger partial charge in [-0.2, -0.15) is 0 Å². The zero-order valence-corrected chi connectivity index (χ0v) is 9.71. The number of nitrogens with zero attached hydrogens (tertiary/aromatic N) is 1. The topological polar surface area (TPSA) is 38.9 Å². The summed E-state index contributed by atoms with van der Waals surface area (Å²) < 4.78 is 0. The molecule has 0 amide bonds. The Morgan fingerprint density at radius 2 is 2.13 bits per heavy atom. The summed E-state index contributed by atoms with van der Waals surface area (Å²) in [6.07, 6.45) is 1.80. The van der Waals surface area contributed by atoms with E-state index < -0.39 is 0 Å². The molecule has 0 fully saturated rings. The molecule has 3 heteroatoms. The molecular weight excluding hydrogens is 204 g/mol. The lowest BCUT2D eigenvalue weighted by atomic mass is 9.98. The molecule has 1 atom stereocenters. The molecule has 0 bridgehead atoms. The van der Waals surface area contributed by atoms with Gasteiger partial charge in [0.05, 0.1) is 6.04 Å². The Balaban J connectivity index is 2.42. The van der Waals surface area contributed by atoms with E-state index in [-0.39, 0.29) is 6.04 Å². The van der Waals surface area contributed by atoms with Gasteiger partial charge in [0.2, 0.25) is 0 Å². The fraction of sp³-hybridized carbons (Fsp3) is 0.250. The van der Waals surface area contributed by atoms with E-state index in [1.165, 1.54) is 16.7 Å². The third-order valence-corrected chi connectivity index (χ3v) is 3.56. The molecule has 1 aromatic carbocycles. The van der Waals surface area contributed by atoms with Crippen LogP contribution in [0.3, 0.4) is 0 Å². The van der Waals surface area contributed by atoms with Gasteiger partial charge in [0, 0.05) is 11.6 Å². The van der Waals surface area contributed by atoms with Crippen LogP contribution in [0.25, 0.3) is 0 Å². The van der Waals surface area contributed by atoms with E-state index in [1.807, 2.05) is 11.4 Å². The first-order valence-corrected chi connectivity index (χ1v) is 5.79. The normalized spacial score (nSPS) is 12.7. The van der Waals surface area contributed by atoms with Crippen LogP contribution in [-0.4, -0.2) is 4.98 Å². The summed E-state index contributed by atoms with van der Waals surface area (Å²) >= 11 is 1.60. The lowest BCUT2D eigenvalue weighted by Gasteiger charge is -2.13. The maximum Gasteiger partial charge on any atom is 0.114 e. The predicted octanol–water partition coefficient (Wildman–Crippen LogP) is 2.81. The van der Waals surface area contributed by atoms with Crippen LogP contribution < -0.4 is 5.73 Å². The standard InChI is InChI=1S/C12H14N2S/c1-8-4-3-5-10(9(8)2)11(13)12-14-6-7-15-12/h3-7,11H,13H2,1-2H3. The molecule has 0 saturated carbocycles. The van der Waals surface area contributed by atoms with Crippen LogP contribution in [-0.2, 0) is 0 Å². The Morgan fingerprint density at radius 1 is 1.33 bits per heavy atom. The zero-order valence-electron chi connectivity index (χ0n) is 8.90. The molecule has 15 heavy (non-hydrogen) atoms. The molecule has 1 heterocycles. The highest BCUT2D eigenvalue weighted by Gasteiger charge is 2.13. The average Bonchev–Trinajstić information content (AvgIpc) is 2.74. The molecule has 2 aromatic rings. The maximum atomic E-state index is 6.18. The first-order chi connectivity index (χ1) is 7.20. The fourth-order valence-electron chi connectivity index (χ4n) is 1.63. The molecule has 2 nitrogen and oxygen atoms in total. The molecule has 0 aliphatic carbocycles. The highest BCUT2D eigenvalue weighted by Crippen LogP contribution is 2.25. The number of rotatable bonds is 2. The van der Waals surface area contributed by atoms with Gasteiger partial charge in [0.15, 0.2) is 0 Å². The molecule has 0 spiro atoms. The van der Waals surface area contributed by atoms with Gasteiger partial charge in [0.25, 0.3) is 0 Å². The van der Waals surface area contributed by atoms with Crippen molar-refractivity contribution in [3.05, 3.63) is 51.5 Å². The minimum absolute atomic E-state index is 0.0927. The first-order valence-electron chi connectivity index (χ1n) is 4.91. The van der Waals surface area contributed by atoms with Crippen molar-refractivity contribution in [2.24, 2.45) is 5.73 Å². The molecular formula is C12H14N2S. The van der Waals surface area contributed by atoms with Crippen molar-refractivity contribution < 1.29 is 0 Å². The predicted molar refractivity (Wildman–Crippen MR) is 64.1 cm³/mol. The Kier molecular flexibility index (Phi) is 2.84. The summed E-state index contributed by atoms with van der Waals surface area (Å²) in [4.78, 5) is 4.26. The Hall–Kier alpha value is -1.19. The summed E-state index contributed by atoms with van der Waals surface area (Å²) in [5.74, 6) is 0. The van der Waals surface area contributed by atoms with Gasteiger partial charge in [-0.15, -0.1) is 11.3 Å². The van der Waals surface area contributed by atoms with Crippen LogP contribution in [0, 0.1) is 13.8 Å². The largest absolute Gasteiger partial charge is 0.318 e. The van der Waals surface area contributed by atoms with E-state index in [9.17, 15) is 0 Å². The number of hydrogen-bond donors (Lipinski definition) is 1. The van der Waals surface area contributed by atoms with E-state index in [4.69, 9.17) is 5.73 Å². The Labute approximate surface area is 93.8 Å². The van der Waals surface area contributed by atoms with Gasteiger partial charge in [-0.1, -0.05) is 18.2 Å². The van der Waals surface area contributed by atoms with Crippen molar-refractivity contribution in [2.75, 3.05) is 0 Å². The molecule has 0 aliphatic heterocycles. The van der Waals surface area contributed by atoms with Crippen LogP contribution in [0.15, 0.2) is 29.8 Å². The summed E-state index contributed by atoms with van der Waals surface area (Å²) in [7, 11) is 0. The van der Waals surface area contributed by atoms with Crippen LogP contribution >= 0.6 is 11.3 Å². The van der Waals surface area contributed by atoms with E-state index in [1.54, 1.807) is 17.5 Å². The molecule has 1 aromatic heterocycles. The van der Waals surface area contributed by atoms with Gasteiger partial charge < -0.3 is 5.73 Å². The van der Waals surface area contributed by atoms with Crippen molar-refractivity contribution in [1.82, 2.24) is 4.98 Å². The van der Waals surface area contributed by atoms with Gasteiger partial charge in [-0.3, -0.25) is 0 Å². The summed E-state index contributed by atoms with van der Waals surface area (Å²) in [6.45, 7) is 4.21. The number of aryl methyl sites for hydroxylation is 1. The molecule has 78 valence electrons. The van der Waals surface area contributed by atoms with E-state index in [0.717, 1.165) is 5.01 Å². The van der Waals surface area contributed by atoms with Crippen LogP contribution in [0.5, 0.6) is 0 Å². The summed E-state index contributed by atoms with van der Waals surface area (Å²) in [5.41, 5.74) is 9.89. The Bertz CT molecular complexity index is 449. The molecule has 0 radical (unpaired) electrons. The summed E-state index contributed by atoms with van der Waals surface area (Å²) in [5, 5.41) is 2.93. The SMILES string of the molecule is Cc1cccc(C(N)c2nccs2)c1C. The lowest BCUT2D eigenvalue weighted by Crippen LogP contribution is -2.13. The number of hydrogen-bond acceptors (Lipinski definition) is 3. The quantitative estimate of drug-likeness (QED) is 0.841. The fourth-order valence-corrected chi connectivity index (χ4v) is 2.29. The van der Waals surface area contributed by atoms with E-state index in [0.29, 0.717) is 0 Å². The maximum absolute atomic E-state index is 6.18. The minimum atomic E-state index is -0.0927. The van der Waals surface area contributed by atoms with E-state index in [2.05, 4.69) is 31.0 Å². The Morgan fingerprint density at radius 3 is 2.80 bits per heavy atom. The second kappa shape index (κ2) is 4.13. The van der Waals surface area contributed by atoms with Gasteiger partial charge in [-0.05, 0) is 30.5 Å². The molecule has 0 aliphatic rings. The third kappa shape index (κ3) is 1.94. The molecule has 2 N–H and O–H groups in total. The first kappa shape index (κ1) is 10.3. The van der Waals surface area contributed by atoms with Crippen molar-refractivity contribution in [3.63, 3.8) is 0 Å². The number of nitrogens with two attached hydrogens (primary N) is 1. The van der Waals surface area contributed by atoms with E-state index >= 15 is 0 Å². The van der Waals surface area contributed by atoms with Crippen molar-refractivity contribution >= 4 is 11.3 Å². The molecule has 1 unspecified atom stereocenters. The summed E-state index contributed by atoms with van der Waals surface area (Å²) in [6, 6.07) is 6.14. The smallest absolute Gasteiger partial charge is 0.114 e. The average molecular weight is 218 g/mol. The van der Waals surface area contributed by atoms with Gasteiger partial charge in [-0.25, -0.2) is 4.98 Å². The minimum Gasteiger partial charge on any atom is -0.318 e. The highest BCUT2D eigenvalue weighted by molar-refractivity contribution is 7.09. The number of benzene rings is 1. The lowest BCUT2D eigenvalue weighted by molar-refractivity contribution is 0.846. The van der Waals surface area contributed by atoms with Crippen molar-refractivity contribution in [1.29, 1.82) is 0 Å². The van der Waals surface area contributed by atoms with Gasteiger partial charge in [0.1, 0.15) is 5.01 Å². The van der Waals surface area contributed by atoms with Crippen LogP contribution in [0.1, 0.15) is 27.7 Å². The number of aromatic nitrogens is 1. The van der Waals surface area contributed by atoms with Gasteiger partial charge >= 0.3 is 0 Å². The van der Waals surface area contributed by atoms with Crippen molar-refractivity contribution in [2.45, 2.75) is 19.9 Å². The monoisotopic (exact) mass is 218 g/mol. The highest BCUT2D eigenvalue weighted by atomic mass is 32.1. The van der Waals surface area contributed by atoms with Crippen LogP contribution in [0.4, 0.5) is 0 Å². The zero-order chi connectivity index (χ0) is 10.8. The second-order valence-electron chi connectivity index (χ2n) is 3.64. The molecule has 0 saturated heterocycles. The number of thiazole rings is 1. The third-order valence-electron chi connectivity index (χ3n) is 2.70. The second-order valence-corrected chi connectivity index (χ2v) is 4.56. The van der Waals surface area contributed by atoms with Crippen molar-refractivity contribution in [3.8, 4) is 0 Å².